The van der Waals surface area contributed by atoms with Crippen molar-refractivity contribution in [2.75, 3.05) is 7.11 Å². The van der Waals surface area contributed by atoms with E-state index in [1.54, 1.807) is 13.3 Å². The Bertz CT molecular complexity index is 796. The number of nitrogens with zero attached hydrogens (tertiary/aromatic N) is 2. The number of aromatic nitrogens is 2. The molecule has 2 rings (SSSR count). The van der Waals surface area contributed by atoms with Crippen molar-refractivity contribution in [2.45, 2.75) is 46.5 Å². The highest BCUT2D eigenvalue weighted by atomic mass is 79.9. The molecule has 0 N–H and O–H groups in total. The minimum atomic E-state index is 0.0572. The van der Waals surface area contributed by atoms with Crippen LogP contribution in [-0.2, 0) is 16.0 Å². The molecule has 0 radical (unpaired) electrons. The molecule has 0 aliphatic heterocycles. The highest BCUT2D eigenvalue weighted by Crippen LogP contribution is 2.28. The fourth-order valence-corrected chi connectivity index (χ4v) is 3.22. The molecule has 0 fully saturated rings. The second kappa shape index (κ2) is 8.43. The van der Waals surface area contributed by atoms with Gasteiger partial charge >= 0.3 is 0 Å². The van der Waals surface area contributed by atoms with Crippen LogP contribution in [0.2, 0.25) is 0 Å². The molecule has 0 aliphatic rings. The van der Waals surface area contributed by atoms with Crippen LogP contribution in [-0.4, -0.2) is 28.2 Å². The van der Waals surface area contributed by atoms with Gasteiger partial charge in [-0.3, -0.25) is 4.79 Å². The lowest BCUT2D eigenvalue weighted by molar-refractivity contribution is -0.123. The van der Waals surface area contributed by atoms with Gasteiger partial charge in [0.15, 0.2) is 0 Å². The zero-order valence-corrected chi connectivity index (χ0v) is 16.6. The Labute approximate surface area is 156 Å². The second-order valence-corrected chi connectivity index (χ2v) is 7.00. The van der Waals surface area contributed by atoms with Crippen LogP contribution in [0.5, 0.6) is 5.75 Å². The predicted octanol–water partition coefficient (Wildman–Crippen LogP) is 4.13. The van der Waals surface area contributed by atoms with Crippen molar-refractivity contribution < 1.29 is 14.3 Å². The first kappa shape index (κ1) is 19.4. The van der Waals surface area contributed by atoms with Crippen LogP contribution in [0.1, 0.15) is 43.1 Å². The van der Waals surface area contributed by atoms with Gasteiger partial charge in [0.25, 0.3) is 0 Å². The summed E-state index contributed by atoms with van der Waals surface area (Å²) >= 11 is 3.41. The zero-order valence-electron chi connectivity index (χ0n) is 15.1. The minimum absolute atomic E-state index is 0.0572. The van der Waals surface area contributed by atoms with Gasteiger partial charge in [0.2, 0.25) is 0 Å². The van der Waals surface area contributed by atoms with E-state index in [4.69, 9.17) is 4.74 Å². The molecule has 2 heterocycles. The van der Waals surface area contributed by atoms with Crippen LogP contribution in [0, 0.1) is 13.8 Å². The molecule has 6 heteroatoms. The number of hydrogen-bond donors (Lipinski definition) is 0. The molecule has 2 aromatic rings. The Morgan fingerprint density at radius 3 is 2.56 bits per heavy atom. The van der Waals surface area contributed by atoms with E-state index in [1.807, 2.05) is 19.9 Å². The fraction of sp³-hybridized carbons (Fsp3) is 0.421. The number of carbonyl (C=O) groups excluding carboxylic acids is 2. The van der Waals surface area contributed by atoms with Gasteiger partial charge < -0.3 is 14.1 Å². The summed E-state index contributed by atoms with van der Waals surface area (Å²) in [4.78, 5) is 27.4. The lowest BCUT2D eigenvalue weighted by Gasteiger charge is -2.11. The number of aryl methyl sites for hydroxylation is 2. The molecule has 5 nitrogen and oxygen atoms in total. The summed E-state index contributed by atoms with van der Waals surface area (Å²) in [7, 11) is 1.62. The van der Waals surface area contributed by atoms with Crippen LogP contribution in [0.4, 0.5) is 0 Å². The van der Waals surface area contributed by atoms with Gasteiger partial charge in [0, 0.05) is 42.9 Å². The molecule has 0 atom stereocenters. The number of pyridine rings is 1. The first-order chi connectivity index (χ1) is 11.8. The fourth-order valence-electron chi connectivity index (χ4n) is 2.84. The van der Waals surface area contributed by atoms with E-state index < -0.39 is 0 Å². The van der Waals surface area contributed by atoms with E-state index in [1.165, 1.54) is 6.92 Å². The smallest absolute Gasteiger partial charge is 0.140 e. The van der Waals surface area contributed by atoms with Gasteiger partial charge in [-0.2, -0.15) is 0 Å². The Kier molecular flexibility index (Phi) is 6.53. The van der Waals surface area contributed by atoms with E-state index in [-0.39, 0.29) is 11.6 Å². The molecule has 0 saturated heterocycles. The van der Waals surface area contributed by atoms with Crippen molar-refractivity contribution in [3.8, 4) is 11.6 Å². The Morgan fingerprint density at radius 2 is 1.92 bits per heavy atom. The van der Waals surface area contributed by atoms with E-state index >= 15 is 0 Å². The maximum atomic E-state index is 11.9. The highest BCUT2D eigenvalue weighted by Gasteiger charge is 2.14. The quantitative estimate of drug-likeness (QED) is 0.660. The highest BCUT2D eigenvalue weighted by molar-refractivity contribution is 9.10. The average Bonchev–Trinajstić information content (AvgIpc) is 2.85. The summed E-state index contributed by atoms with van der Waals surface area (Å²) in [5.41, 5.74) is 3.24. The number of methoxy groups -OCH3 is 1. The van der Waals surface area contributed by atoms with Crippen molar-refractivity contribution >= 4 is 27.5 Å². The molecule has 0 aromatic carbocycles. The van der Waals surface area contributed by atoms with Gasteiger partial charge in [0.05, 0.1) is 11.6 Å². The monoisotopic (exact) mass is 406 g/mol. The summed E-state index contributed by atoms with van der Waals surface area (Å²) in [5.74, 6) is 1.69. The molecule has 0 unspecified atom stereocenters. The maximum absolute atomic E-state index is 11.9. The topological polar surface area (TPSA) is 61.2 Å². The van der Waals surface area contributed by atoms with E-state index in [2.05, 4.69) is 31.5 Å². The third kappa shape index (κ3) is 4.78. The van der Waals surface area contributed by atoms with Gasteiger partial charge in [-0.05, 0) is 54.8 Å². The zero-order chi connectivity index (χ0) is 18.6. The lowest BCUT2D eigenvalue weighted by Crippen LogP contribution is -2.05. The van der Waals surface area contributed by atoms with Crippen LogP contribution >= 0.6 is 15.9 Å². The normalized spacial score (nSPS) is 10.8. The molecule has 25 heavy (non-hydrogen) atoms. The largest absolute Gasteiger partial charge is 0.495 e. The van der Waals surface area contributed by atoms with Crippen LogP contribution in [0.25, 0.3) is 5.82 Å². The SMILES string of the molecule is COc1cc(-n2c(C)cc(CCC(=O)CCC(C)=O)c2C)ncc1Br. The van der Waals surface area contributed by atoms with E-state index in [9.17, 15) is 9.59 Å². The number of ketones is 2. The van der Waals surface area contributed by atoms with E-state index in [0.29, 0.717) is 25.7 Å². The van der Waals surface area contributed by atoms with Crippen LogP contribution in [0.3, 0.4) is 0 Å². The van der Waals surface area contributed by atoms with Crippen molar-refractivity contribution in [3.63, 3.8) is 0 Å². The van der Waals surface area contributed by atoms with Gasteiger partial charge in [0.1, 0.15) is 23.1 Å². The standard InChI is InChI=1S/C19H23BrN2O3/c1-12-9-15(6-8-16(24)7-5-13(2)23)14(3)22(12)19-10-18(25-4)17(20)11-21-19/h9-11H,5-8H2,1-4H3. The van der Waals surface area contributed by atoms with Crippen molar-refractivity contribution in [1.82, 2.24) is 9.55 Å². The summed E-state index contributed by atoms with van der Waals surface area (Å²) in [6.45, 7) is 5.56. The third-order valence-electron chi connectivity index (χ3n) is 4.22. The van der Waals surface area contributed by atoms with Crippen molar-refractivity contribution in [3.05, 3.63) is 39.8 Å². The second-order valence-electron chi connectivity index (χ2n) is 6.15. The molecule has 0 amide bonds. The number of carbonyl (C=O) groups is 2. The molecule has 0 bridgehead atoms. The number of halogens is 1. The van der Waals surface area contributed by atoms with Crippen LogP contribution < -0.4 is 4.74 Å². The number of ether oxygens (including phenoxy) is 1. The molecule has 2 aromatic heterocycles. The summed E-state index contributed by atoms with van der Waals surface area (Å²) in [6.07, 6.45) is 3.51. The molecular formula is C19H23BrN2O3. The minimum Gasteiger partial charge on any atom is -0.495 e. The molecule has 134 valence electrons. The predicted molar refractivity (Wildman–Crippen MR) is 101 cm³/mol. The Morgan fingerprint density at radius 1 is 1.20 bits per heavy atom. The lowest BCUT2D eigenvalue weighted by atomic mass is 10.0. The molecule has 0 aliphatic carbocycles. The molecule has 0 saturated carbocycles. The number of Topliss-reactive ketones (excluding diaryl/α,β-unsaturated/α-hetero) is 2. The number of rotatable bonds is 8. The van der Waals surface area contributed by atoms with Crippen molar-refractivity contribution in [2.24, 2.45) is 0 Å². The average molecular weight is 407 g/mol. The van der Waals surface area contributed by atoms with Gasteiger partial charge in [-0.15, -0.1) is 0 Å². The van der Waals surface area contributed by atoms with Crippen molar-refractivity contribution in [1.29, 1.82) is 0 Å². The van der Waals surface area contributed by atoms with E-state index in [0.717, 1.165) is 33.0 Å². The van der Waals surface area contributed by atoms with Gasteiger partial charge in [-0.1, -0.05) is 0 Å². The third-order valence-corrected chi connectivity index (χ3v) is 4.82. The Balaban J connectivity index is 2.18. The first-order valence-corrected chi connectivity index (χ1v) is 9.01. The molecule has 0 spiro atoms. The Hall–Kier alpha value is -1.95. The van der Waals surface area contributed by atoms with Gasteiger partial charge in [-0.25, -0.2) is 4.98 Å². The summed E-state index contributed by atoms with van der Waals surface area (Å²) in [5, 5.41) is 0. The molecular weight excluding hydrogens is 384 g/mol. The maximum Gasteiger partial charge on any atom is 0.140 e. The number of hydrogen-bond acceptors (Lipinski definition) is 4. The van der Waals surface area contributed by atoms with Crippen LogP contribution in [0.15, 0.2) is 22.8 Å². The summed E-state index contributed by atoms with van der Waals surface area (Å²) in [6, 6.07) is 3.97. The first-order valence-electron chi connectivity index (χ1n) is 8.22. The summed E-state index contributed by atoms with van der Waals surface area (Å²) < 4.78 is 8.21.